The Morgan fingerprint density at radius 3 is 2.85 bits per heavy atom. The second kappa shape index (κ2) is 3.10. The van der Waals surface area contributed by atoms with Gasteiger partial charge in [-0.05, 0) is 22.6 Å². The molecule has 64 valence electrons. The van der Waals surface area contributed by atoms with E-state index in [9.17, 15) is 4.79 Å². The zero-order valence-corrected chi connectivity index (χ0v) is 6.53. The third kappa shape index (κ3) is 1.41. The van der Waals surface area contributed by atoms with Crippen molar-refractivity contribution in [3.05, 3.63) is 30.2 Å². The first kappa shape index (κ1) is 7.53. The van der Waals surface area contributed by atoms with Crippen LogP contribution in [0.15, 0.2) is 24.7 Å². The summed E-state index contributed by atoms with van der Waals surface area (Å²) in [4.78, 5) is 14.3. The SMILES string of the molecule is O=Cc1ccc(-n2cnnn2)nc1. The Morgan fingerprint density at radius 2 is 2.31 bits per heavy atom. The molecule has 0 spiro atoms. The molecule has 2 aromatic heterocycles. The Labute approximate surface area is 73.2 Å². The zero-order chi connectivity index (χ0) is 9.10. The van der Waals surface area contributed by atoms with Crippen LogP contribution in [0.5, 0.6) is 0 Å². The van der Waals surface area contributed by atoms with E-state index >= 15 is 0 Å². The Kier molecular flexibility index (Phi) is 1.79. The molecule has 0 atom stereocenters. The average molecular weight is 175 g/mol. The van der Waals surface area contributed by atoms with E-state index in [0.717, 1.165) is 6.29 Å². The molecule has 2 aromatic rings. The number of aldehydes is 1. The van der Waals surface area contributed by atoms with Gasteiger partial charge in [0.1, 0.15) is 6.33 Å². The third-order valence-corrected chi connectivity index (χ3v) is 1.49. The third-order valence-electron chi connectivity index (χ3n) is 1.49. The molecule has 6 heteroatoms. The van der Waals surface area contributed by atoms with Gasteiger partial charge in [0, 0.05) is 11.8 Å². The molecular weight excluding hydrogens is 170 g/mol. The van der Waals surface area contributed by atoms with Gasteiger partial charge in [-0.15, -0.1) is 5.10 Å². The summed E-state index contributed by atoms with van der Waals surface area (Å²) in [7, 11) is 0. The van der Waals surface area contributed by atoms with Gasteiger partial charge in [-0.1, -0.05) is 0 Å². The van der Waals surface area contributed by atoms with Crippen molar-refractivity contribution in [3.63, 3.8) is 0 Å². The van der Waals surface area contributed by atoms with E-state index in [1.807, 2.05) is 0 Å². The first-order valence-corrected chi connectivity index (χ1v) is 3.55. The highest BCUT2D eigenvalue weighted by Crippen LogP contribution is 2.00. The smallest absolute Gasteiger partial charge is 0.156 e. The first-order chi connectivity index (χ1) is 6.40. The molecule has 0 N–H and O–H groups in total. The summed E-state index contributed by atoms with van der Waals surface area (Å²) < 4.78 is 1.41. The van der Waals surface area contributed by atoms with E-state index in [1.54, 1.807) is 12.1 Å². The van der Waals surface area contributed by atoms with Gasteiger partial charge in [-0.25, -0.2) is 4.98 Å². The maximum absolute atomic E-state index is 10.3. The highest BCUT2D eigenvalue weighted by molar-refractivity contribution is 5.74. The van der Waals surface area contributed by atoms with Crippen LogP contribution < -0.4 is 0 Å². The largest absolute Gasteiger partial charge is 0.298 e. The molecule has 0 saturated heterocycles. The fraction of sp³-hybridized carbons (Fsp3) is 0. The highest BCUT2D eigenvalue weighted by atomic mass is 16.1. The second-order valence-electron chi connectivity index (χ2n) is 2.32. The minimum atomic E-state index is 0.525. The maximum atomic E-state index is 10.3. The van der Waals surface area contributed by atoms with Gasteiger partial charge in [0.25, 0.3) is 0 Å². The van der Waals surface area contributed by atoms with Crippen LogP contribution in [0.1, 0.15) is 10.4 Å². The molecule has 2 rings (SSSR count). The Bertz CT molecular complexity index is 393. The maximum Gasteiger partial charge on any atom is 0.156 e. The fourth-order valence-corrected chi connectivity index (χ4v) is 0.869. The number of rotatable bonds is 2. The standard InChI is InChI=1S/C7H5N5O/c13-4-6-1-2-7(8-3-6)12-5-9-10-11-12/h1-5H. The molecule has 0 radical (unpaired) electrons. The van der Waals surface area contributed by atoms with Gasteiger partial charge in [0.2, 0.25) is 0 Å². The van der Waals surface area contributed by atoms with Crippen molar-refractivity contribution in [3.8, 4) is 5.82 Å². The molecular formula is C7H5N5O. The second-order valence-corrected chi connectivity index (χ2v) is 2.32. The molecule has 6 nitrogen and oxygen atoms in total. The number of tetrazole rings is 1. The number of aromatic nitrogens is 5. The summed E-state index contributed by atoms with van der Waals surface area (Å²) in [5.74, 6) is 0.579. The molecule has 0 amide bonds. The molecule has 0 fully saturated rings. The zero-order valence-electron chi connectivity index (χ0n) is 6.53. The minimum absolute atomic E-state index is 0.525. The lowest BCUT2D eigenvalue weighted by molar-refractivity contribution is 0.112. The summed E-state index contributed by atoms with van der Waals surface area (Å²) in [5.41, 5.74) is 0.525. The fourth-order valence-electron chi connectivity index (χ4n) is 0.869. The van der Waals surface area contributed by atoms with E-state index in [1.165, 1.54) is 17.2 Å². The summed E-state index contributed by atoms with van der Waals surface area (Å²) in [6.07, 6.45) is 3.63. The van der Waals surface area contributed by atoms with E-state index in [-0.39, 0.29) is 0 Å². The number of carbonyl (C=O) groups excluding carboxylic acids is 1. The number of nitrogens with zero attached hydrogens (tertiary/aromatic N) is 5. The predicted molar refractivity (Wildman–Crippen MR) is 42.3 cm³/mol. The Morgan fingerprint density at radius 1 is 1.38 bits per heavy atom. The topological polar surface area (TPSA) is 73.6 Å². The number of hydrogen-bond donors (Lipinski definition) is 0. The van der Waals surface area contributed by atoms with E-state index in [0.29, 0.717) is 11.4 Å². The quantitative estimate of drug-likeness (QED) is 0.594. The lowest BCUT2D eigenvalue weighted by atomic mass is 10.3. The van der Waals surface area contributed by atoms with Crippen molar-refractivity contribution in [1.29, 1.82) is 0 Å². The van der Waals surface area contributed by atoms with Crippen LogP contribution in [0.3, 0.4) is 0 Å². The summed E-state index contributed by atoms with van der Waals surface area (Å²) >= 11 is 0. The Balaban J connectivity index is 2.38. The summed E-state index contributed by atoms with van der Waals surface area (Å²) in [6.45, 7) is 0. The summed E-state index contributed by atoms with van der Waals surface area (Å²) in [5, 5.41) is 10.6. The minimum Gasteiger partial charge on any atom is -0.298 e. The molecule has 13 heavy (non-hydrogen) atoms. The number of carbonyl (C=O) groups is 1. The normalized spacial score (nSPS) is 9.85. The lowest BCUT2D eigenvalue weighted by Crippen LogP contribution is -1.98. The van der Waals surface area contributed by atoms with E-state index in [2.05, 4.69) is 20.5 Å². The van der Waals surface area contributed by atoms with E-state index < -0.39 is 0 Å². The summed E-state index contributed by atoms with van der Waals surface area (Å²) in [6, 6.07) is 3.32. The van der Waals surface area contributed by atoms with Gasteiger partial charge >= 0.3 is 0 Å². The monoisotopic (exact) mass is 175 g/mol. The lowest BCUT2D eigenvalue weighted by Gasteiger charge is -1.96. The Hall–Kier alpha value is -2.11. The molecule has 0 saturated carbocycles. The van der Waals surface area contributed by atoms with Gasteiger partial charge in [0.05, 0.1) is 0 Å². The number of pyridine rings is 1. The van der Waals surface area contributed by atoms with Crippen molar-refractivity contribution in [1.82, 2.24) is 25.2 Å². The van der Waals surface area contributed by atoms with Gasteiger partial charge in [-0.3, -0.25) is 4.79 Å². The highest BCUT2D eigenvalue weighted by Gasteiger charge is 1.98. The molecule has 0 aliphatic rings. The molecule has 0 aromatic carbocycles. The van der Waals surface area contributed by atoms with E-state index in [4.69, 9.17) is 0 Å². The van der Waals surface area contributed by atoms with Gasteiger partial charge < -0.3 is 0 Å². The van der Waals surface area contributed by atoms with Crippen LogP contribution in [0, 0.1) is 0 Å². The van der Waals surface area contributed by atoms with Crippen LogP contribution in [0.4, 0.5) is 0 Å². The van der Waals surface area contributed by atoms with Crippen LogP contribution in [0.25, 0.3) is 5.82 Å². The van der Waals surface area contributed by atoms with Crippen LogP contribution >= 0.6 is 0 Å². The number of hydrogen-bond acceptors (Lipinski definition) is 5. The van der Waals surface area contributed by atoms with Crippen molar-refractivity contribution < 1.29 is 4.79 Å². The average Bonchev–Trinajstić information content (AvgIpc) is 2.71. The first-order valence-electron chi connectivity index (χ1n) is 3.55. The van der Waals surface area contributed by atoms with Gasteiger partial charge in [-0.2, -0.15) is 4.68 Å². The molecule has 0 unspecified atom stereocenters. The molecule has 0 aliphatic heterocycles. The van der Waals surface area contributed by atoms with Crippen LogP contribution in [0.2, 0.25) is 0 Å². The van der Waals surface area contributed by atoms with Crippen LogP contribution in [-0.4, -0.2) is 31.5 Å². The van der Waals surface area contributed by atoms with Gasteiger partial charge in [0.15, 0.2) is 12.1 Å². The van der Waals surface area contributed by atoms with Crippen molar-refractivity contribution in [2.75, 3.05) is 0 Å². The molecule has 0 aliphatic carbocycles. The predicted octanol–water partition coefficient (Wildman–Crippen LogP) is -0.130. The van der Waals surface area contributed by atoms with Crippen molar-refractivity contribution >= 4 is 6.29 Å². The molecule has 2 heterocycles. The van der Waals surface area contributed by atoms with Crippen molar-refractivity contribution in [2.24, 2.45) is 0 Å². The molecule has 0 bridgehead atoms. The van der Waals surface area contributed by atoms with Crippen LogP contribution in [-0.2, 0) is 0 Å². The van der Waals surface area contributed by atoms with Crippen molar-refractivity contribution in [2.45, 2.75) is 0 Å².